The zero-order chi connectivity index (χ0) is 18.6. The van der Waals surface area contributed by atoms with Crippen LogP contribution in [-0.2, 0) is 6.18 Å². The van der Waals surface area contributed by atoms with Crippen molar-refractivity contribution in [3.05, 3.63) is 63.7 Å². The molecule has 0 bridgehead atoms. The van der Waals surface area contributed by atoms with E-state index in [0.717, 1.165) is 17.7 Å². The molecular weight excluding hydrogens is 339 g/mol. The van der Waals surface area contributed by atoms with Gasteiger partial charge in [0.05, 0.1) is 23.3 Å². The maximum atomic E-state index is 12.7. The number of hydrogen-bond donors (Lipinski definition) is 1. The molecule has 0 spiro atoms. The first-order valence-electron chi connectivity index (χ1n) is 7.02. The molecule has 0 heterocycles. The highest BCUT2D eigenvalue weighted by Gasteiger charge is 2.33. The minimum absolute atomic E-state index is 0.133. The fourth-order valence-corrected chi connectivity index (χ4v) is 1.99. The zero-order valence-electron chi connectivity index (χ0n) is 13.3. The minimum atomic E-state index is -4.66. The molecule has 6 nitrogen and oxygen atoms in total. The number of rotatable bonds is 5. The summed E-state index contributed by atoms with van der Waals surface area (Å²) in [6, 6.07) is 9.12. The topological polar surface area (TPSA) is 76.8 Å². The van der Waals surface area contributed by atoms with E-state index in [4.69, 9.17) is 4.74 Å². The van der Waals surface area contributed by atoms with Crippen molar-refractivity contribution in [3.63, 3.8) is 0 Å². The molecule has 2 rings (SSSR count). The standard InChI is InChI=1S/C16H14F3N3O3/c1-10(11-3-6-13(25-2)7-4-11)20-21-14-8-5-12(16(17,18)19)9-15(14)22(23)24/h3-9,21H,1-2H3. The number of nitrogens with zero attached hydrogens (tertiary/aromatic N) is 2. The smallest absolute Gasteiger partial charge is 0.416 e. The number of nitrogens with one attached hydrogen (secondary N) is 1. The van der Waals surface area contributed by atoms with Gasteiger partial charge >= 0.3 is 6.18 Å². The van der Waals surface area contributed by atoms with Crippen LogP contribution in [-0.4, -0.2) is 17.7 Å². The summed E-state index contributed by atoms with van der Waals surface area (Å²) >= 11 is 0. The lowest BCUT2D eigenvalue weighted by Crippen LogP contribution is -2.07. The van der Waals surface area contributed by atoms with Gasteiger partial charge in [-0.25, -0.2) is 0 Å². The summed E-state index contributed by atoms with van der Waals surface area (Å²) in [5.41, 5.74) is 1.73. The summed E-state index contributed by atoms with van der Waals surface area (Å²) in [6.07, 6.45) is -4.66. The van der Waals surface area contributed by atoms with E-state index < -0.39 is 22.4 Å². The summed E-state index contributed by atoms with van der Waals surface area (Å²) in [4.78, 5) is 10.1. The molecular formula is C16H14F3N3O3. The average Bonchev–Trinajstić information content (AvgIpc) is 2.58. The molecule has 0 aromatic heterocycles. The van der Waals surface area contributed by atoms with Crippen molar-refractivity contribution in [2.45, 2.75) is 13.1 Å². The van der Waals surface area contributed by atoms with E-state index in [-0.39, 0.29) is 5.69 Å². The van der Waals surface area contributed by atoms with E-state index in [0.29, 0.717) is 17.5 Å². The number of ether oxygens (including phenoxy) is 1. The highest BCUT2D eigenvalue weighted by Crippen LogP contribution is 2.35. The van der Waals surface area contributed by atoms with Crippen LogP contribution < -0.4 is 10.2 Å². The van der Waals surface area contributed by atoms with Crippen molar-refractivity contribution in [3.8, 4) is 5.75 Å². The molecule has 0 amide bonds. The quantitative estimate of drug-likeness (QED) is 0.489. The lowest BCUT2D eigenvalue weighted by atomic mass is 10.1. The van der Waals surface area contributed by atoms with Crippen molar-refractivity contribution in [1.82, 2.24) is 0 Å². The number of alkyl halides is 3. The molecule has 0 aliphatic carbocycles. The maximum absolute atomic E-state index is 12.7. The van der Waals surface area contributed by atoms with Gasteiger partial charge in [-0.3, -0.25) is 15.5 Å². The molecule has 25 heavy (non-hydrogen) atoms. The third-order valence-corrected chi connectivity index (χ3v) is 3.37. The van der Waals surface area contributed by atoms with Crippen LogP contribution in [0.2, 0.25) is 0 Å². The summed E-state index contributed by atoms with van der Waals surface area (Å²) in [5.74, 6) is 0.655. The van der Waals surface area contributed by atoms with Crippen molar-refractivity contribution < 1.29 is 22.8 Å². The largest absolute Gasteiger partial charge is 0.497 e. The van der Waals surface area contributed by atoms with Crippen LogP contribution in [0.5, 0.6) is 5.75 Å². The van der Waals surface area contributed by atoms with Gasteiger partial charge in [0, 0.05) is 6.07 Å². The number of anilines is 1. The summed E-state index contributed by atoms with van der Waals surface area (Å²) < 4.78 is 43.1. The second-order valence-corrected chi connectivity index (χ2v) is 5.02. The van der Waals surface area contributed by atoms with Gasteiger partial charge in [0.1, 0.15) is 11.4 Å². The number of halogens is 3. The molecule has 0 atom stereocenters. The molecule has 0 saturated carbocycles. The molecule has 9 heteroatoms. The predicted molar refractivity (Wildman–Crippen MR) is 86.9 cm³/mol. The van der Waals surface area contributed by atoms with E-state index in [1.165, 1.54) is 7.11 Å². The van der Waals surface area contributed by atoms with Crippen LogP contribution in [0.4, 0.5) is 24.5 Å². The van der Waals surface area contributed by atoms with Gasteiger partial charge in [0.15, 0.2) is 0 Å². The van der Waals surface area contributed by atoms with Gasteiger partial charge in [-0.15, -0.1) is 0 Å². The molecule has 0 aliphatic heterocycles. The van der Waals surface area contributed by atoms with Gasteiger partial charge < -0.3 is 4.74 Å². The van der Waals surface area contributed by atoms with Crippen LogP contribution in [0, 0.1) is 10.1 Å². The number of hydrazone groups is 1. The van der Waals surface area contributed by atoms with E-state index in [1.54, 1.807) is 31.2 Å². The van der Waals surface area contributed by atoms with Crippen molar-refractivity contribution >= 4 is 17.1 Å². The first-order valence-corrected chi connectivity index (χ1v) is 7.02. The number of hydrogen-bond acceptors (Lipinski definition) is 5. The van der Waals surface area contributed by atoms with E-state index in [1.807, 2.05) is 0 Å². The molecule has 2 aromatic rings. The number of nitro groups is 1. The van der Waals surface area contributed by atoms with E-state index >= 15 is 0 Å². The predicted octanol–water partition coefficient (Wildman–Crippen LogP) is 4.46. The fourth-order valence-electron chi connectivity index (χ4n) is 1.99. The minimum Gasteiger partial charge on any atom is -0.497 e. The summed E-state index contributed by atoms with van der Waals surface area (Å²) in [5, 5.41) is 15.0. The van der Waals surface area contributed by atoms with Gasteiger partial charge in [-0.2, -0.15) is 18.3 Å². The van der Waals surface area contributed by atoms with Gasteiger partial charge in [0.25, 0.3) is 5.69 Å². The van der Waals surface area contributed by atoms with Crippen molar-refractivity contribution in [2.75, 3.05) is 12.5 Å². The maximum Gasteiger partial charge on any atom is 0.416 e. The first-order chi connectivity index (χ1) is 11.7. The average molecular weight is 353 g/mol. The first kappa shape index (κ1) is 18.2. The second kappa shape index (κ2) is 7.20. The number of benzene rings is 2. The normalized spacial score (nSPS) is 12.0. The van der Waals surface area contributed by atoms with Crippen LogP contribution in [0.1, 0.15) is 18.1 Å². The summed E-state index contributed by atoms with van der Waals surface area (Å²) in [6.45, 7) is 1.66. The Morgan fingerprint density at radius 1 is 1.20 bits per heavy atom. The Kier molecular flexibility index (Phi) is 5.26. The fraction of sp³-hybridized carbons (Fsp3) is 0.188. The van der Waals surface area contributed by atoms with Crippen molar-refractivity contribution in [1.29, 1.82) is 0 Å². The lowest BCUT2D eigenvalue weighted by Gasteiger charge is -2.09. The van der Waals surface area contributed by atoms with E-state index in [9.17, 15) is 23.3 Å². The third kappa shape index (κ3) is 4.46. The number of nitro benzene ring substituents is 1. The third-order valence-electron chi connectivity index (χ3n) is 3.37. The van der Waals surface area contributed by atoms with Crippen LogP contribution in [0.15, 0.2) is 47.6 Å². The van der Waals surface area contributed by atoms with Gasteiger partial charge in [-0.1, -0.05) is 0 Å². The Morgan fingerprint density at radius 2 is 1.84 bits per heavy atom. The Balaban J connectivity index is 2.27. The number of methoxy groups -OCH3 is 1. The Morgan fingerprint density at radius 3 is 2.36 bits per heavy atom. The highest BCUT2D eigenvalue weighted by molar-refractivity contribution is 5.99. The molecule has 132 valence electrons. The van der Waals surface area contributed by atoms with Crippen LogP contribution in [0.25, 0.3) is 0 Å². The highest BCUT2D eigenvalue weighted by atomic mass is 19.4. The zero-order valence-corrected chi connectivity index (χ0v) is 13.3. The SMILES string of the molecule is COc1ccc(C(C)=NNc2ccc(C(F)(F)F)cc2[N+](=O)[O-])cc1. The Hall–Kier alpha value is -3.10. The molecule has 0 aliphatic rings. The second-order valence-electron chi connectivity index (χ2n) is 5.02. The van der Waals surface area contributed by atoms with E-state index in [2.05, 4.69) is 10.5 Å². The molecule has 2 aromatic carbocycles. The lowest BCUT2D eigenvalue weighted by molar-refractivity contribution is -0.384. The molecule has 0 unspecified atom stereocenters. The monoisotopic (exact) mass is 353 g/mol. The van der Waals surface area contributed by atoms with Gasteiger partial charge in [-0.05, 0) is 48.9 Å². The van der Waals surface area contributed by atoms with Gasteiger partial charge in [0.2, 0.25) is 0 Å². The Labute approximate surface area is 141 Å². The van der Waals surface area contributed by atoms with Crippen molar-refractivity contribution in [2.24, 2.45) is 5.10 Å². The molecule has 0 radical (unpaired) electrons. The Bertz CT molecular complexity index is 803. The molecule has 0 saturated heterocycles. The molecule has 1 N–H and O–H groups in total. The molecule has 0 fully saturated rings. The van der Waals surface area contributed by atoms with Crippen LogP contribution >= 0.6 is 0 Å². The van der Waals surface area contributed by atoms with Crippen LogP contribution in [0.3, 0.4) is 0 Å². The summed E-state index contributed by atoms with van der Waals surface area (Å²) in [7, 11) is 1.53.